The van der Waals surface area contributed by atoms with Crippen molar-refractivity contribution < 1.29 is 18.0 Å². The van der Waals surface area contributed by atoms with Crippen LogP contribution in [0.3, 0.4) is 0 Å². The quantitative estimate of drug-likeness (QED) is 0.874. The number of amides is 1. The molecule has 1 aromatic rings. The number of carbonyl (C=O) groups excluding carboxylic acids is 1. The van der Waals surface area contributed by atoms with Crippen LogP contribution in [0.1, 0.15) is 35.8 Å². The molecule has 0 bridgehead atoms. The maximum absolute atomic E-state index is 12.4. The van der Waals surface area contributed by atoms with Crippen LogP contribution in [-0.2, 0) is 6.18 Å². The molecular weight excluding hydrogens is 271 g/mol. The third-order valence-electron chi connectivity index (χ3n) is 3.28. The van der Waals surface area contributed by atoms with E-state index in [2.05, 4.69) is 15.6 Å². The lowest BCUT2D eigenvalue weighted by Gasteiger charge is -2.28. The van der Waals surface area contributed by atoms with Gasteiger partial charge in [0.2, 0.25) is 0 Å². The minimum Gasteiger partial charge on any atom is -0.348 e. The number of carbonyl (C=O) groups is 1. The predicted octanol–water partition coefficient (Wildman–Crippen LogP) is 1.97. The molecule has 0 spiro atoms. The summed E-state index contributed by atoms with van der Waals surface area (Å²) in [5.41, 5.74) is -0.853. The summed E-state index contributed by atoms with van der Waals surface area (Å²) in [7, 11) is 0. The molecule has 0 aliphatic carbocycles. The van der Waals surface area contributed by atoms with Gasteiger partial charge in [0.25, 0.3) is 5.91 Å². The van der Waals surface area contributed by atoms with Crippen LogP contribution in [0.2, 0.25) is 0 Å². The third-order valence-corrected chi connectivity index (χ3v) is 3.28. The van der Waals surface area contributed by atoms with Gasteiger partial charge in [-0.3, -0.25) is 9.78 Å². The molecule has 1 fully saturated rings. The molecule has 20 heavy (non-hydrogen) atoms. The number of rotatable bonds is 2. The fourth-order valence-corrected chi connectivity index (χ4v) is 2.22. The van der Waals surface area contributed by atoms with Crippen molar-refractivity contribution in [2.24, 2.45) is 0 Å². The Labute approximate surface area is 114 Å². The number of hydrogen-bond donors (Lipinski definition) is 2. The molecule has 2 atom stereocenters. The number of piperidine rings is 1. The van der Waals surface area contributed by atoms with E-state index in [0.717, 1.165) is 31.5 Å². The molecule has 2 heterocycles. The molecule has 2 N–H and O–H groups in total. The highest BCUT2D eigenvalue weighted by molar-refractivity contribution is 5.92. The molecule has 2 rings (SSSR count). The standard InChI is InChI=1S/C13H16F3N3O/c1-8-6-10(4-5-17-8)19-12(20)11-3-2-9(7-18-11)13(14,15)16/h2-3,7-8,10,17H,4-6H2,1H3,(H,19,20). The van der Waals surface area contributed by atoms with E-state index >= 15 is 0 Å². The fraction of sp³-hybridized carbons (Fsp3) is 0.538. The van der Waals surface area contributed by atoms with Crippen LogP contribution in [0.5, 0.6) is 0 Å². The van der Waals surface area contributed by atoms with Gasteiger partial charge in [-0.15, -0.1) is 0 Å². The van der Waals surface area contributed by atoms with Crippen LogP contribution >= 0.6 is 0 Å². The van der Waals surface area contributed by atoms with Gasteiger partial charge in [-0.1, -0.05) is 0 Å². The van der Waals surface area contributed by atoms with Crippen molar-refractivity contribution in [1.82, 2.24) is 15.6 Å². The summed E-state index contributed by atoms with van der Waals surface area (Å²) in [5.74, 6) is -0.433. The van der Waals surface area contributed by atoms with E-state index in [1.807, 2.05) is 6.92 Å². The van der Waals surface area contributed by atoms with Crippen LogP contribution < -0.4 is 10.6 Å². The summed E-state index contributed by atoms with van der Waals surface area (Å²) in [6.45, 7) is 2.83. The first-order valence-electron chi connectivity index (χ1n) is 6.44. The highest BCUT2D eigenvalue weighted by Gasteiger charge is 2.31. The second kappa shape index (κ2) is 5.78. The average Bonchev–Trinajstić information content (AvgIpc) is 2.38. The molecule has 0 saturated carbocycles. The zero-order chi connectivity index (χ0) is 14.8. The molecule has 1 aromatic heterocycles. The van der Waals surface area contributed by atoms with Gasteiger partial charge in [0.1, 0.15) is 5.69 Å². The molecule has 4 nitrogen and oxygen atoms in total. The second-order valence-electron chi connectivity index (χ2n) is 4.98. The molecule has 1 aliphatic rings. The highest BCUT2D eigenvalue weighted by atomic mass is 19.4. The highest BCUT2D eigenvalue weighted by Crippen LogP contribution is 2.28. The molecule has 2 unspecified atom stereocenters. The van der Waals surface area contributed by atoms with Gasteiger partial charge in [0.05, 0.1) is 5.56 Å². The Kier molecular flexibility index (Phi) is 4.27. The number of nitrogens with one attached hydrogen (secondary N) is 2. The first kappa shape index (κ1) is 14.8. The number of alkyl halides is 3. The lowest BCUT2D eigenvalue weighted by molar-refractivity contribution is -0.137. The Balaban J connectivity index is 1.99. The van der Waals surface area contributed by atoms with Crippen molar-refractivity contribution in [2.45, 2.75) is 38.0 Å². The van der Waals surface area contributed by atoms with Crippen LogP contribution in [0.4, 0.5) is 13.2 Å². The van der Waals surface area contributed by atoms with Gasteiger partial charge in [0, 0.05) is 18.3 Å². The second-order valence-corrected chi connectivity index (χ2v) is 4.98. The Morgan fingerprint density at radius 3 is 2.75 bits per heavy atom. The van der Waals surface area contributed by atoms with Crippen molar-refractivity contribution in [3.63, 3.8) is 0 Å². The lowest BCUT2D eigenvalue weighted by Crippen LogP contribution is -2.46. The molecule has 0 aromatic carbocycles. The summed E-state index contributed by atoms with van der Waals surface area (Å²) in [6.07, 6.45) is -2.16. The molecular formula is C13H16F3N3O. The van der Waals surface area contributed by atoms with Crippen molar-refractivity contribution in [1.29, 1.82) is 0 Å². The van der Waals surface area contributed by atoms with Gasteiger partial charge in [-0.25, -0.2) is 0 Å². The number of pyridine rings is 1. The van der Waals surface area contributed by atoms with Crippen LogP contribution in [0.25, 0.3) is 0 Å². The number of hydrogen-bond acceptors (Lipinski definition) is 3. The SMILES string of the molecule is CC1CC(NC(=O)c2ccc(C(F)(F)F)cn2)CCN1. The van der Waals surface area contributed by atoms with E-state index in [1.54, 1.807) is 0 Å². The first-order chi connectivity index (χ1) is 9.36. The minimum atomic E-state index is -4.44. The van der Waals surface area contributed by atoms with E-state index < -0.39 is 17.6 Å². The summed E-state index contributed by atoms with van der Waals surface area (Å²) in [6, 6.07) is 2.31. The Morgan fingerprint density at radius 2 is 2.20 bits per heavy atom. The summed E-state index contributed by atoms with van der Waals surface area (Å²) >= 11 is 0. The largest absolute Gasteiger partial charge is 0.417 e. The minimum absolute atomic E-state index is 0.00388. The third kappa shape index (κ3) is 3.69. The van der Waals surface area contributed by atoms with Gasteiger partial charge < -0.3 is 10.6 Å². The van der Waals surface area contributed by atoms with Gasteiger partial charge in [-0.05, 0) is 38.4 Å². The Hall–Kier alpha value is -1.63. The van der Waals surface area contributed by atoms with E-state index in [4.69, 9.17) is 0 Å². The Bertz CT molecular complexity index is 473. The number of aromatic nitrogens is 1. The maximum atomic E-state index is 12.4. The molecule has 110 valence electrons. The van der Waals surface area contributed by atoms with Crippen molar-refractivity contribution in [3.05, 3.63) is 29.6 Å². The molecule has 1 saturated heterocycles. The van der Waals surface area contributed by atoms with Gasteiger partial charge in [0.15, 0.2) is 0 Å². The fourth-order valence-electron chi connectivity index (χ4n) is 2.22. The Morgan fingerprint density at radius 1 is 1.45 bits per heavy atom. The maximum Gasteiger partial charge on any atom is 0.417 e. The first-order valence-corrected chi connectivity index (χ1v) is 6.44. The van der Waals surface area contributed by atoms with E-state index in [0.29, 0.717) is 12.2 Å². The zero-order valence-electron chi connectivity index (χ0n) is 11.0. The number of halogens is 3. The summed E-state index contributed by atoms with van der Waals surface area (Å²) < 4.78 is 37.2. The smallest absolute Gasteiger partial charge is 0.348 e. The van der Waals surface area contributed by atoms with E-state index in [9.17, 15) is 18.0 Å². The van der Waals surface area contributed by atoms with Crippen LogP contribution in [-0.4, -0.2) is 29.5 Å². The van der Waals surface area contributed by atoms with Crippen LogP contribution in [0, 0.1) is 0 Å². The summed E-state index contributed by atoms with van der Waals surface area (Å²) in [4.78, 5) is 15.5. The van der Waals surface area contributed by atoms with Gasteiger partial charge in [-0.2, -0.15) is 13.2 Å². The van der Waals surface area contributed by atoms with Gasteiger partial charge >= 0.3 is 6.18 Å². The topological polar surface area (TPSA) is 54.0 Å². The van der Waals surface area contributed by atoms with Crippen molar-refractivity contribution >= 4 is 5.91 Å². The predicted molar refractivity (Wildman–Crippen MR) is 67.2 cm³/mol. The normalized spacial score (nSPS) is 23.4. The summed E-state index contributed by atoms with van der Waals surface area (Å²) in [5, 5.41) is 6.06. The van der Waals surface area contributed by atoms with Crippen molar-refractivity contribution in [2.75, 3.05) is 6.54 Å². The zero-order valence-corrected chi connectivity index (χ0v) is 11.0. The average molecular weight is 287 g/mol. The lowest BCUT2D eigenvalue weighted by atomic mass is 10.0. The van der Waals surface area contributed by atoms with E-state index in [-0.39, 0.29) is 11.7 Å². The van der Waals surface area contributed by atoms with Crippen LogP contribution in [0.15, 0.2) is 18.3 Å². The molecule has 1 amide bonds. The number of nitrogens with zero attached hydrogens (tertiary/aromatic N) is 1. The molecule has 0 radical (unpaired) electrons. The molecule has 1 aliphatic heterocycles. The monoisotopic (exact) mass is 287 g/mol. The van der Waals surface area contributed by atoms with E-state index in [1.165, 1.54) is 0 Å². The van der Waals surface area contributed by atoms with Crippen molar-refractivity contribution in [3.8, 4) is 0 Å². The molecule has 7 heteroatoms.